The van der Waals surface area contributed by atoms with E-state index in [4.69, 9.17) is 4.74 Å². The van der Waals surface area contributed by atoms with Gasteiger partial charge in [0.25, 0.3) is 11.8 Å². The molecule has 2 heterocycles. The van der Waals surface area contributed by atoms with Crippen LogP contribution in [0.15, 0.2) is 73.1 Å². The Hall–Kier alpha value is -3.74. The van der Waals surface area contributed by atoms with Gasteiger partial charge in [0, 0.05) is 48.2 Å². The van der Waals surface area contributed by atoms with Crippen LogP contribution in [0.4, 0.5) is 4.39 Å². The van der Waals surface area contributed by atoms with Gasteiger partial charge in [-0.1, -0.05) is 6.07 Å². The van der Waals surface area contributed by atoms with E-state index in [2.05, 4.69) is 10.3 Å². The molecule has 1 aromatic heterocycles. The van der Waals surface area contributed by atoms with Gasteiger partial charge in [-0.15, -0.1) is 0 Å². The maximum Gasteiger partial charge on any atom is 0.253 e. The largest absolute Gasteiger partial charge is 0.489 e. The van der Waals surface area contributed by atoms with Gasteiger partial charge in [-0.05, 0) is 67.4 Å². The number of amides is 2. The molecule has 1 fully saturated rings. The molecular formula is C25H24FN3O3. The molecule has 2 amide bonds. The van der Waals surface area contributed by atoms with Crippen molar-refractivity contribution in [3.63, 3.8) is 0 Å². The summed E-state index contributed by atoms with van der Waals surface area (Å²) >= 11 is 0. The third kappa shape index (κ3) is 5.49. The van der Waals surface area contributed by atoms with E-state index in [1.54, 1.807) is 41.6 Å². The summed E-state index contributed by atoms with van der Waals surface area (Å²) in [7, 11) is 0. The summed E-state index contributed by atoms with van der Waals surface area (Å²) in [5, 5.41) is 2.97. The third-order valence-electron chi connectivity index (χ3n) is 5.45. The number of nitrogens with one attached hydrogen (secondary N) is 1. The van der Waals surface area contributed by atoms with Gasteiger partial charge >= 0.3 is 0 Å². The fraction of sp³-hybridized carbons (Fsp3) is 0.240. The number of aromatic nitrogens is 1. The van der Waals surface area contributed by atoms with Crippen LogP contribution in [0, 0.1) is 5.82 Å². The molecular weight excluding hydrogens is 409 g/mol. The highest BCUT2D eigenvalue weighted by atomic mass is 19.1. The zero-order valence-electron chi connectivity index (χ0n) is 17.5. The first-order valence-electron chi connectivity index (χ1n) is 10.6. The Labute approximate surface area is 186 Å². The molecule has 0 radical (unpaired) electrons. The van der Waals surface area contributed by atoms with Crippen LogP contribution >= 0.6 is 0 Å². The summed E-state index contributed by atoms with van der Waals surface area (Å²) < 4.78 is 18.8. The number of hydrogen-bond acceptors (Lipinski definition) is 4. The van der Waals surface area contributed by atoms with E-state index in [0.717, 1.165) is 5.56 Å². The number of ether oxygens (including phenoxy) is 1. The third-order valence-corrected chi connectivity index (χ3v) is 5.45. The lowest BCUT2D eigenvalue weighted by atomic mass is 10.0. The molecule has 32 heavy (non-hydrogen) atoms. The number of hydrogen-bond donors (Lipinski definition) is 1. The van der Waals surface area contributed by atoms with Crippen LogP contribution in [-0.4, -0.2) is 40.8 Å². The zero-order valence-corrected chi connectivity index (χ0v) is 17.5. The normalized spacial score (nSPS) is 14.1. The first kappa shape index (κ1) is 21.5. The van der Waals surface area contributed by atoms with E-state index in [9.17, 15) is 14.0 Å². The Morgan fingerprint density at radius 2 is 1.69 bits per heavy atom. The second-order valence-corrected chi connectivity index (χ2v) is 7.72. The summed E-state index contributed by atoms with van der Waals surface area (Å²) in [5.41, 5.74) is 2.00. The molecule has 1 aliphatic heterocycles. The van der Waals surface area contributed by atoms with E-state index in [1.165, 1.54) is 24.3 Å². The minimum absolute atomic E-state index is 0.0140. The van der Waals surface area contributed by atoms with Crippen LogP contribution in [0.25, 0.3) is 0 Å². The van der Waals surface area contributed by atoms with Gasteiger partial charge < -0.3 is 15.0 Å². The zero-order chi connectivity index (χ0) is 22.3. The highest BCUT2D eigenvalue weighted by molar-refractivity contribution is 5.95. The predicted octanol–water partition coefficient (Wildman–Crippen LogP) is 3.83. The number of halogens is 1. The molecule has 0 atom stereocenters. The quantitative estimate of drug-likeness (QED) is 0.641. The van der Waals surface area contributed by atoms with Gasteiger partial charge in [-0.2, -0.15) is 0 Å². The first-order chi connectivity index (χ1) is 15.6. The van der Waals surface area contributed by atoms with Crippen molar-refractivity contribution in [2.45, 2.75) is 25.5 Å². The topological polar surface area (TPSA) is 71.5 Å². The summed E-state index contributed by atoms with van der Waals surface area (Å²) in [6, 6.07) is 16.4. The summed E-state index contributed by atoms with van der Waals surface area (Å²) in [5.74, 6) is 0.0536. The van der Waals surface area contributed by atoms with Crippen molar-refractivity contribution in [1.82, 2.24) is 15.2 Å². The molecule has 4 rings (SSSR count). The van der Waals surface area contributed by atoms with Gasteiger partial charge in [0.05, 0.1) is 0 Å². The second kappa shape index (κ2) is 10.0. The molecule has 0 spiro atoms. The van der Waals surface area contributed by atoms with Crippen LogP contribution in [0.5, 0.6) is 5.75 Å². The molecule has 6 nitrogen and oxygen atoms in total. The van der Waals surface area contributed by atoms with Crippen molar-refractivity contribution >= 4 is 11.8 Å². The fourth-order valence-corrected chi connectivity index (χ4v) is 3.62. The van der Waals surface area contributed by atoms with Crippen molar-refractivity contribution in [2.24, 2.45) is 0 Å². The predicted molar refractivity (Wildman–Crippen MR) is 118 cm³/mol. The monoisotopic (exact) mass is 433 g/mol. The Bertz CT molecular complexity index is 1050. The highest BCUT2D eigenvalue weighted by Gasteiger charge is 2.25. The fourth-order valence-electron chi connectivity index (χ4n) is 3.62. The number of carbonyl (C=O) groups excluding carboxylic acids is 2. The minimum Gasteiger partial charge on any atom is -0.489 e. The first-order valence-corrected chi connectivity index (χ1v) is 10.6. The van der Waals surface area contributed by atoms with E-state index in [1.807, 2.05) is 12.1 Å². The minimum atomic E-state index is -0.374. The van der Waals surface area contributed by atoms with Crippen LogP contribution in [0.2, 0.25) is 0 Å². The van der Waals surface area contributed by atoms with Crippen LogP contribution in [-0.2, 0) is 6.61 Å². The average molecular weight is 433 g/mol. The standard InChI is InChI=1S/C25H24FN3O3/c26-21-7-3-19(4-8-21)24(30)28-22-11-14-29(15-12-22)25(31)20-5-9-23(10-6-20)32-17-18-2-1-13-27-16-18/h1-10,13,16,22H,11-12,14-15,17H2,(H,28,30). The number of pyridine rings is 1. The molecule has 1 aliphatic rings. The van der Waals surface area contributed by atoms with Gasteiger partial charge in [0.15, 0.2) is 0 Å². The van der Waals surface area contributed by atoms with Crippen molar-refractivity contribution in [1.29, 1.82) is 0 Å². The number of rotatable bonds is 6. The van der Waals surface area contributed by atoms with Crippen molar-refractivity contribution in [2.75, 3.05) is 13.1 Å². The second-order valence-electron chi connectivity index (χ2n) is 7.72. The van der Waals surface area contributed by atoms with Crippen LogP contribution in [0.3, 0.4) is 0 Å². The number of piperidine rings is 1. The molecule has 0 saturated carbocycles. The Kier molecular flexibility index (Phi) is 6.75. The summed E-state index contributed by atoms with van der Waals surface area (Å²) in [6.45, 7) is 1.54. The van der Waals surface area contributed by atoms with Crippen molar-refractivity contribution < 1.29 is 18.7 Å². The Morgan fingerprint density at radius 1 is 1.00 bits per heavy atom. The van der Waals surface area contributed by atoms with Crippen molar-refractivity contribution in [3.8, 4) is 5.75 Å². The van der Waals surface area contributed by atoms with Gasteiger partial charge in [-0.25, -0.2) is 4.39 Å². The van der Waals surface area contributed by atoms with Gasteiger partial charge in [0.1, 0.15) is 18.2 Å². The van der Waals surface area contributed by atoms with Gasteiger partial charge in [-0.3, -0.25) is 14.6 Å². The molecule has 0 aliphatic carbocycles. The van der Waals surface area contributed by atoms with Gasteiger partial charge in [0.2, 0.25) is 0 Å². The molecule has 1 saturated heterocycles. The average Bonchev–Trinajstić information content (AvgIpc) is 2.84. The molecule has 0 unspecified atom stereocenters. The van der Waals surface area contributed by atoms with E-state index >= 15 is 0 Å². The van der Waals surface area contributed by atoms with Crippen LogP contribution < -0.4 is 10.1 Å². The SMILES string of the molecule is O=C(NC1CCN(C(=O)c2ccc(OCc3cccnc3)cc2)CC1)c1ccc(F)cc1. The number of carbonyl (C=O) groups is 2. The number of benzene rings is 2. The number of nitrogens with zero attached hydrogens (tertiary/aromatic N) is 2. The van der Waals surface area contributed by atoms with E-state index in [0.29, 0.717) is 49.4 Å². The lowest BCUT2D eigenvalue weighted by Crippen LogP contribution is -2.46. The Morgan fingerprint density at radius 3 is 2.34 bits per heavy atom. The maximum absolute atomic E-state index is 13.0. The molecule has 0 bridgehead atoms. The summed E-state index contributed by atoms with van der Waals surface area (Å²) in [6.07, 6.45) is 4.81. The Balaban J connectivity index is 1.25. The van der Waals surface area contributed by atoms with E-state index < -0.39 is 0 Å². The molecule has 2 aromatic carbocycles. The molecule has 164 valence electrons. The summed E-state index contributed by atoms with van der Waals surface area (Å²) in [4.78, 5) is 31.0. The molecule has 1 N–H and O–H groups in total. The van der Waals surface area contributed by atoms with Crippen LogP contribution in [0.1, 0.15) is 39.1 Å². The number of likely N-dealkylation sites (tertiary alicyclic amines) is 1. The lowest BCUT2D eigenvalue weighted by Gasteiger charge is -2.32. The van der Waals surface area contributed by atoms with Crippen molar-refractivity contribution in [3.05, 3.63) is 95.6 Å². The smallest absolute Gasteiger partial charge is 0.253 e. The lowest BCUT2D eigenvalue weighted by molar-refractivity contribution is 0.0698. The molecule has 7 heteroatoms. The van der Waals surface area contributed by atoms with E-state index in [-0.39, 0.29) is 23.7 Å². The highest BCUT2D eigenvalue weighted by Crippen LogP contribution is 2.18. The maximum atomic E-state index is 13.0. The molecule has 3 aromatic rings.